The highest BCUT2D eigenvalue weighted by Gasteiger charge is 2.24. The molecule has 2 unspecified atom stereocenters. The number of nitrogens with zero attached hydrogens (tertiary/aromatic N) is 1. The van der Waals surface area contributed by atoms with Crippen molar-refractivity contribution >= 4 is 5.97 Å². The van der Waals surface area contributed by atoms with E-state index >= 15 is 0 Å². The largest absolute Gasteiger partial charge is 0.461 e. The SMILES string of the molecule is CCOC(=O)c1c(C)ccn1CC1CCC(C)O1. The summed E-state index contributed by atoms with van der Waals surface area (Å²) in [6.07, 6.45) is 4.63. The first-order chi connectivity index (χ1) is 8.61. The van der Waals surface area contributed by atoms with Gasteiger partial charge < -0.3 is 14.0 Å². The van der Waals surface area contributed by atoms with E-state index in [9.17, 15) is 4.79 Å². The van der Waals surface area contributed by atoms with Crippen LogP contribution in [0, 0.1) is 6.92 Å². The number of rotatable bonds is 4. The molecule has 1 aromatic heterocycles. The Balaban J connectivity index is 2.11. The van der Waals surface area contributed by atoms with Crippen LogP contribution in [-0.2, 0) is 16.0 Å². The second kappa shape index (κ2) is 5.57. The second-order valence-corrected chi connectivity index (χ2v) is 4.87. The van der Waals surface area contributed by atoms with Crippen LogP contribution in [0.1, 0.15) is 42.7 Å². The van der Waals surface area contributed by atoms with Crippen LogP contribution in [0.4, 0.5) is 0 Å². The summed E-state index contributed by atoms with van der Waals surface area (Å²) in [7, 11) is 0. The van der Waals surface area contributed by atoms with Crippen molar-refractivity contribution in [2.75, 3.05) is 6.61 Å². The predicted molar refractivity (Wildman–Crippen MR) is 68.7 cm³/mol. The highest BCUT2D eigenvalue weighted by molar-refractivity contribution is 5.89. The maximum absolute atomic E-state index is 11.9. The molecule has 2 rings (SSSR count). The van der Waals surface area contributed by atoms with Gasteiger partial charge in [0.1, 0.15) is 5.69 Å². The quantitative estimate of drug-likeness (QED) is 0.772. The lowest BCUT2D eigenvalue weighted by Crippen LogP contribution is -2.20. The maximum Gasteiger partial charge on any atom is 0.355 e. The topological polar surface area (TPSA) is 40.5 Å². The monoisotopic (exact) mass is 251 g/mol. The normalized spacial score (nSPS) is 23.3. The average molecular weight is 251 g/mol. The standard InChI is InChI=1S/C14H21NO3/c1-4-17-14(16)13-10(2)7-8-15(13)9-12-6-5-11(3)18-12/h7-8,11-12H,4-6,9H2,1-3H3. The minimum Gasteiger partial charge on any atom is -0.461 e. The van der Waals surface area contributed by atoms with Crippen LogP contribution < -0.4 is 0 Å². The third-order valence-electron chi connectivity index (χ3n) is 3.35. The van der Waals surface area contributed by atoms with Crippen molar-refractivity contribution in [2.45, 2.75) is 52.4 Å². The van der Waals surface area contributed by atoms with Crippen molar-refractivity contribution in [3.63, 3.8) is 0 Å². The molecule has 0 spiro atoms. The molecular weight excluding hydrogens is 230 g/mol. The molecule has 0 N–H and O–H groups in total. The molecule has 4 heteroatoms. The molecule has 0 saturated carbocycles. The summed E-state index contributed by atoms with van der Waals surface area (Å²) < 4.78 is 12.8. The van der Waals surface area contributed by atoms with E-state index in [1.165, 1.54) is 0 Å². The van der Waals surface area contributed by atoms with Gasteiger partial charge in [-0.05, 0) is 45.2 Å². The van der Waals surface area contributed by atoms with Crippen LogP contribution >= 0.6 is 0 Å². The number of carbonyl (C=O) groups is 1. The second-order valence-electron chi connectivity index (χ2n) is 4.87. The lowest BCUT2D eigenvalue weighted by atomic mass is 10.2. The van der Waals surface area contributed by atoms with E-state index in [1.807, 2.05) is 30.7 Å². The zero-order chi connectivity index (χ0) is 13.1. The third-order valence-corrected chi connectivity index (χ3v) is 3.35. The van der Waals surface area contributed by atoms with Crippen LogP contribution in [0.15, 0.2) is 12.3 Å². The fourth-order valence-electron chi connectivity index (χ4n) is 2.45. The summed E-state index contributed by atoms with van der Waals surface area (Å²) in [5, 5.41) is 0. The molecule has 1 aliphatic rings. The van der Waals surface area contributed by atoms with Crippen molar-refractivity contribution in [1.82, 2.24) is 4.57 Å². The Bertz CT molecular complexity index is 425. The van der Waals surface area contributed by atoms with Gasteiger partial charge in [-0.3, -0.25) is 0 Å². The lowest BCUT2D eigenvalue weighted by Gasteiger charge is -2.15. The molecule has 0 aromatic carbocycles. The lowest BCUT2D eigenvalue weighted by molar-refractivity contribution is 0.0418. The number of aryl methyl sites for hydroxylation is 1. The Kier molecular flexibility index (Phi) is 4.07. The minimum absolute atomic E-state index is 0.208. The van der Waals surface area contributed by atoms with Gasteiger partial charge in [0.25, 0.3) is 0 Å². The van der Waals surface area contributed by atoms with Crippen molar-refractivity contribution in [2.24, 2.45) is 0 Å². The van der Waals surface area contributed by atoms with Gasteiger partial charge in [-0.25, -0.2) is 4.79 Å². The number of ether oxygens (including phenoxy) is 2. The first kappa shape index (κ1) is 13.1. The molecule has 1 aromatic rings. The molecule has 100 valence electrons. The summed E-state index contributed by atoms with van der Waals surface area (Å²) in [6.45, 7) is 6.98. The summed E-state index contributed by atoms with van der Waals surface area (Å²) in [5.41, 5.74) is 1.61. The molecule has 0 radical (unpaired) electrons. The van der Waals surface area contributed by atoms with Crippen molar-refractivity contribution in [1.29, 1.82) is 0 Å². The van der Waals surface area contributed by atoms with Gasteiger partial charge in [0.2, 0.25) is 0 Å². The number of esters is 1. The fourth-order valence-corrected chi connectivity index (χ4v) is 2.45. The smallest absolute Gasteiger partial charge is 0.355 e. The Morgan fingerprint density at radius 1 is 1.56 bits per heavy atom. The number of hydrogen-bond acceptors (Lipinski definition) is 3. The van der Waals surface area contributed by atoms with Gasteiger partial charge in [0.15, 0.2) is 0 Å². The van der Waals surface area contributed by atoms with E-state index in [0.29, 0.717) is 18.4 Å². The number of hydrogen-bond donors (Lipinski definition) is 0. The zero-order valence-electron chi connectivity index (χ0n) is 11.3. The van der Waals surface area contributed by atoms with Crippen LogP contribution in [0.5, 0.6) is 0 Å². The molecule has 2 heterocycles. The van der Waals surface area contributed by atoms with Crippen molar-refractivity contribution < 1.29 is 14.3 Å². The third kappa shape index (κ3) is 2.75. The van der Waals surface area contributed by atoms with Gasteiger partial charge in [-0.2, -0.15) is 0 Å². The molecule has 0 bridgehead atoms. The van der Waals surface area contributed by atoms with Crippen LogP contribution in [0.3, 0.4) is 0 Å². The van der Waals surface area contributed by atoms with Gasteiger partial charge >= 0.3 is 5.97 Å². The van der Waals surface area contributed by atoms with E-state index in [-0.39, 0.29) is 12.1 Å². The van der Waals surface area contributed by atoms with E-state index in [1.54, 1.807) is 0 Å². The number of carbonyl (C=O) groups excluding carboxylic acids is 1. The van der Waals surface area contributed by atoms with Crippen LogP contribution in [0.2, 0.25) is 0 Å². The summed E-state index contributed by atoms with van der Waals surface area (Å²) >= 11 is 0. The van der Waals surface area contributed by atoms with E-state index in [2.05, 4.69) is 6.92 Å². The van der Waals surface area contributed by atoms with Crippen molar-refractivity contribution in [3.8, 4) is 0 Å². The van der Waals surface area contributed by atoms with Gasteiger partial charge in [-0.1, -0.05) is 0 Å². The Hall–Kier alpha value is -1.29. The fraction of sp³-hybridized carbons (Fsp3) is 0.643. The summed E-state index contributed by atoms with van der Waals surface area (Å²) in [5.74, 6) is -0.244. The highest BCUT2D eigenvalue weighted by atomic mass is 16.5. The first-order valence-electron chi connectivity index (χ1n) is 6.60. The summed E-state index contributed by atoms with van der Waals surface area (Å²) in [6, 6.07) is 1.95. The first-order valence-corrected chi connectivity index (χ1v) is 6.60. The Morgan fingerprint density at radius 2 is 2.33 bits per heavy atom. The molecule has 4 nitrogen and oxygen atoms in total. The molecule has 0 aliphatic carbocycles. The zero-order valence-corrected chi connectivity index (χ0v) is 11.3. The maximum atomic E-state index is 11.9. The van der Waals surface area contributed by atoms with Gasteiger partial charge in [-0.15, -0.1) is 0 Å². The molecule has 1 saturated heterocycles. The Labute approximate surface area is 108 Å². The Morgan fingerprint density at radius 3 is 2.94 bits per heavy atom. The molecule has 0 amide bonds. The van der Waals surface area contributed by atoms with E-state index in [0.717, 1.165) is 24.9 Å². The number of aromatic nitrogens is 1. The molecular formula is C14H21NO3. The van der Waals surface area contributed by atoms with Gasteiger partial charge in [0.05, 0.1) is 18.8 Å². The average Bonchev–Trinajstić information content (AvgIpc) is 2.87. The van der Waals surface area contributed by atoms with Crippen molar-refractivity contribution in [3.05, 3.63) is 23.5 Å². The van der Waals surface area contributed by atoms with Crippen LogP contribution in [0.25, 0.3) is 0 Å². The van der Waals surface area contributed by atoms with E-state index in [4.69, 9.17) is 9.47 Å². The summed E-state index contributed by atoms with van der Waals surface area (Å²) in [4.78, 5) is 11.9. The highest BCUT2D eigenvalue weighted by Crippen LogP contribution is 2.22. The van der Waals surface area contributed by atoms with Gasteiger partial charge in [0, 0.05) is 12.7 Å². The molecule has 18 heavy (non-hydrogen) atoms. The predicted octanol–water partition coefficient (Wildman–Crippen LogP) is 2.54. The molecule has 2 atom stereocenters. The van der Waals surface area contributed by atoms with E-state index < -0.39 is 0 Å². The minimum atomic E-state index is -0.244. The molecule has 1 aliphatic heterocycles. The van der Waals surface area contributed by atoms with Crippen LogP contribution in [-0.4, -0.2) is 29.4 Å². The molecule has 1 fully saturated rings.